The summed E-state index contributed by atoms with van der Waals surface area (Å²) >= 11 is 0. The summed E-state index contributed by atoms with van der Waals surface area (Å²) < 4.78 is 5.37. The van der Waals surface area contributed by atoms with Gasteiger partial charge in [0.05, 0.1) is 0 Å². The molecule has 0 aromatic heterocycles. The summed E-state index contributed by atoms with van der Waals surface area (Å²) in [5.74, 6) is 0.572. The molecule has 4 aliphatic carbocycles. The third kappa shape index (κ3) is 3.70. The lowest BCUT2D eigenvalue weighted by Crippen LogP contribution is -2.50. The SMILES string of the molecule is C[C@H](C(=O)C(=O)OCc1ccccc1)[C@H]1CCC2C3C=CC4=CC(=O)CC[C@]4(C)C3CC[C@@]21C. The van der Waals surface area contributed by atoms with E-state index in [0.29, 0.717) is 24.2 Å². The molecule has 0 amide bonds. The van der Waals surface area contributed by atoms with Crippen molar-refractivity contribution >= 4 is 17.5 Å². The maximum absolute atomic E-state index is 13.1. The van der Waals surface area contributed by atoms with E-state index in [1.807, 2.05) is 43.3 Å². The van der Waals surface area contributed by atoms with Crippen LogP contribution in [0.5, 0.6) is 0 Å². The number of carbonyl (C=O) groups excluding carboxylic acids is 3. The Morgan fingerprint density at radius 1 is 1.06 bits per heavy atom. The maximum Gasteiger partial charge on any atom is 0.375 e. The standard InChI is InChI=1S/C30H36O4/c1-19(27(32)28(33)34-18-20-7-5-4-6-8-20)24-11-12-25-23-10-9-21-17-22(31)13-15-29(21,2)26(23)14-16-30(24,25)3/h4-10,17,19,23-26H,11-16,18H2,1-3H3/t19-,23?,24+,25?,26?,29-,30+/m0/s1. The Bertz CT molecular complexity index is 1050. The van der Waals surface area contributed by atoms with Crippen molar-refractivity contribution in [3.8, 4) is 0 Å². The predicted octanol–water partition coefficient (Wildman–Crippen LogP) is 5.86. The molecule has 3 unspecified atom stereocenters. The van der Waals surface area contributed by atoms with Crippen LogP contribution in [0.15, 0.2) is 54.1 Å². The monoisotopic (exact) mass is 460 g/mol. The Hall–Kier alpha value is -2.49. The molecule has 0 bridgehead atoms. The summed E-state index contributed by atoms with van der Waals surface area (Å²) in [6, 6.07) is 9.49. The Morgan fingerprint density at radius 3 is 2.59 bits per heavy atom. The molecule has 1 aromatic rings. The van der Waals surface area contributed by atoms with Crippen LogP contribution in [0.4, 0.5) is 0 Å². The van der Waals surface area contributed by atoms with Gasteiger partial charge in [0, 0.05) is 12.3 Å². The number of esters is 1. The molecule has 34 heavy (non-hydrogen) atoms. The molecule has 5 rings (SSSR count). The zero-order valence-electron chi connectivity index (χ0n) is 20.6. The molecule has 0 aliphatic heterocycles. The van der Waals surface area contributed by atoms with Crippen molar-refractivity contribution in [1.29, 1.82) is 0 Å². The molecular formula is C30H36O4. The predicted molar refractivity (Wildman–Crippen MR) is 131 cm³/mol. The van der Waals surface area contributed by atoms with Gasteiger partial charge < -0.3 is 4.74 Å². The van der Waals surface area contributed by atoms with Crippen LogP contribution in [-0.2, 0) is 25.7 Å². The molecule has 4 aliphatic rings. The van der Waals surface area contributed by atoms with Crippen molar-refractivity contribution in [3.63, 3.8) is 0 Å². The molecule has 0 spiro atoms. The van der Waals surface area contributed by atoms with Gasteiger partial charge in [-0.1, -0.05) is 63.3 Å². The van der Waals surface area contributed by atoms with Crippen molar-refractivity contribution in [2.45, 2.75) is 65.9 Å². The number of fused-ring (bicyclic) bond motifs is 5. The highest BCUT2D eigenvalue weighted by Crippen LogP contribution is 2.66. The number of ether oxygens (including phenoxy) is 1. The number of allylic oxidation sites excluding steroid dienone is 4. The molecule has 0 saturated heterocycles. The zero-order chi connectivity index (χ0) is 24.1. The minimum atomic E-state index is -0.705. The average molecular weight is 461 g/mol. The molecular weight excluding hydrogens is 424 g/mol. The Kier molecular flexibility index (Phi) is 5.90. The van der Waals surface area contributed by atoms with Crippen molar-refractivity contribution in [1.82, 2.24) is 0 Å². The van der Waals surface area contributed by atoms with E-state index in [-0.39, 0.29) is 40.8 Å². The fourth-order valence-corrected chi connectivity index (χ4v) is 8.02. The lowest BCUT2D eigenvalue weighted by Gasteiger charge is -2.56. The fourth-order valence-electron chi connectivity index (χ4n) is 8.02. The van der Waals surface area contributed by atoms with Gasteiger partial charge in [-0.15, -0.1) is 0 Å². The second kappa shape index (κ2) is 8.62. The topological polar surface area (TPSA) is 60.4 Å². The van der Waals surface area contributed by atoms with E-state index in [1.165, 1.54) is 5.57 Å². The van der Waals surface area contributed by atoms with E-state index in [1.54, 1.807) is 0 Å². The van der Waals surface area contributed by atoms with Crippen LogP contribution >= 0.6 is 0 Å². The smallest absolute Gasteiger partial charge is 0.375 e. The highest BCUT2D eigenvalue weighted by Gasteiger charge is 2.59. The minimum absolute atomic E-state index is 0.0440. The van der Waals surface area contributed by atoms with Gasteiger partial charge in [0.25, 0.3) is 0 Å². The first kappa shape index (κ1) is 23.3. The molecule has 2 fully saturated rings. The first-order valence-electron chi connectivity index (χ1n) is 12.9. The highest BCUT2D eigenvalue weighted by atomic mass is 16.5. The van der Waals surface area contributed by atoms with Gasteiger partial charge >= 0.3 is 5.97 Å². The van der Waals surface area contributed by atoms with Crippen LogP contribution in [0.25, 0.3) is 0 Å². The zero-order valence-corrected chi connectivity index (χ0v) is 20.6. The molecule has 0 heterocycles. The minimum Gasteiger partial charge on any atom is -0.455 e. The lowest BCUT2D eigenvalue weighted by molar-refractivity contribution is -0.158. The summed E-state index contributed by atoms with van der Waals surface area (Å²) in [6.45, 7) is 6.78. The maximum atomic E-state index is 13.1. The second-order valence-corrected chi connectivity index (χ2v) is 11.6. The van der Waals surface area contributed by atoms with E-state index in [0.717, 1.165) is 37.7 Å². The van der Waals surface area contributed by atoms with E-state index in [9.17, 15) is 14.4 Å². The van der Waals surface area contributed by atoms with Crippen LogP contribution in [0.2, 0.25) is 0 Å². The van der Waals surface area contributed by atoms with Gasteiger partial charge in [0.15, 0.2) is 5.78 Å². The molecule has 4 nitrogen and oxygen atoms in total. The molecule has 0 radical (unpaired) electrons. The van der Waals surface area contributed by atoms with Gasteiger partial charge in [-0.3, -0.25) is 9.59 Å². The number of benzene rings is 1. The molecule has 2 saturated carbocycles. The van der Waals surface area contributed by atoms with Crippen molar-refractivity contribution in [3.05, 3.63) is 59.7 Å². The summed E-state index contributed by atoms with van der Waals surface area (Å²) in [7, 11) is 0. The third-order valence-corrected chi connectivity index (χ3v) is 10.0. The van der Waals surface area contributed by atoms with Gasteiger partial charge in [-0.25, -0.2) is 4.79 Å². The summed E-state index contributed by atoms with van der Waals surface area (Å²) in [5, 5.41) is 0. The van der Waals surface area contributed by atoms with Gasteiger partial charge in [-0.2, -0.15) is 0 Å². The third-order valence-electron chi connectivity index (χ3n) is 10.0. The van der Waals surface area contributed by atoms with Gasteiger partial charge in [0.2, 0.25) is 5.78 Å². The highest BCUT2D eigenvalue weighted by molar-refractivity contribution is 6.34. The average Bonchev–Trinajstić information content (AvgIpc) is 3.20. The van der Waals surface area contributed by atoms with Crippen LogP contribution in [0.1, 0.15) is 64.9 Å². The molecule has 0 N–H and O–H groups in total. The summed E-state index contributed by atoms with van der Waals surface area (Å²) in [4.78, 5) is 37.7. The Balaban J connectivity index is 1.30. The Morgan fingerprint density at radius 2 is 1.82 bits per heavy atom. The summed E-state index contributed by atoms with van der Waals surface area (Å²) in [5.41, 5.74) is 2.23. The number of rotatable bonds is 5. The van der Waals surface area contributed by atoms with E-state index >= 15 is 0 Å². The van der Waals surface area contributed by atoms with E-state index in [4.69, 9.17) is 4.74 Å². The molecule has 7 atom stereocenters. The van der Waals surface area contributed by atoms with Crippen LogP contribution in [-0.4, -0.2) is 17.5 Å². The molecule has 4 heteroatoms. The summed E-state index contributed by atoms with van der Waals surface area (Å²) in [6.07, 6.45) is 12.3. The van der Waals surface area contributed by atoms with Gasteiger partial charge in [-0.05, 0) is 83.8 Å². The Labute approximate surface area is 202 Å². The molecule has 180 valence electrons. The van der Waals surface area contributed by atoms with Crippen molar-refractivity contribution < 1.29 is 19.1 Å². The normalized spacial score (nSPS) is 37.1. The second-order valence-electron chi connectivity index (χ2n) is 11.6. The van der Waals surface area contributed by atoms with Crippen LogP contribution in [0.3, 0.4) is 0 Å². The van der Waals surface area contributed by atoms with Crippen molar-refractivity contribution in [2.75, 3.05) is 0 Å². The van der Waals surface area contributed by atoms with Crippen LogP contribution < -0.4 is 0 Å². The van der Waals surface area contributed by atoms with E-state index in [2.05, 4.69) is 26.0 Å². The van der Waals surface area contributed by atoms with Crippen LogP contribution in [0, 0.1) is 40.4 Å². The number of Topliss-reactive ketones (excluding diaryl/α,β-unsaturated/α-hetero) is 1. The number of hydrogen-bond acceptors (Lipinski definition) is 4. The number of carbonyl (C=O) groups is 3. The lowest BCUT2D eigenvalue weighted by atomic mass is 9.48. The largest absolute Gasteiger partial charge is 0.455 e. The number of hydrogen-bond donors (Lipinski definition) is 0. The fraction of sp³-hybridized carbons (Fsp3) is 0.567. The first-order valence-corrected chi connectivity index (χ1v) is 12.9. The van der Waals surface area contributed by atoms with Gasteiger partial charge in [0.1, 0.15) is 6.61 Å². The van der Waals surface area contributed by atoms with Crippen molar-refractivity contribution in [2.24, 2.45) is 40.4 Å². The number of ketones is 2. The quantitative estimate of drug-likeness (QED) is 0.408. The van der Waals surface area contributed by atoms with E-state index < -0.39 is 5.97 Å². The molecule has 1 aromatic carbocycles. The first-order chi connectivity index (χ1) is 16.2.